The maximum absolute atomic E-state index is 12.5. The first-order valence-electron chi connectivity index (χ1n) is 6.42. The van der Waals surface area contributed by atoms with Crippen LogP contribution in [0.15, 0.2) is 35.7 Å². The van der Waals surface area contributed by atoms with Crippen molar-refractivity contribution in [1.82, 2.24) is 4.90 Å². The molecule has 106 valence electrons. The van der Waals surface area contributed by atoms with Crippen molar-refractivity contribution >= 4 is 22.9 Å². The zero-order valence-corrected chi connectivity index (χ0v) is 12.4. The molecule has 0 aliphatic carbocycles. The Bertz CT molecular complexity index is 582. The fourth-order valence-corrected chi connectivity index (χ4v) is 2.70. The van der Waals surface area contributed by atoms with Gasteiger partial charge < -0.3 is 15.4 Å². The molecule has 4 nitrogen and oxygen atoms in total. The Labute approximate surface area is 122 Å². The van der Waals surface area contributed by atoms with Gasteiger partial charge in [0.1, 0.15) is 0 Å². The number of nitrogens with two attached hydrogens (primary N) is 1. The van der Waals surface area contributed by atoms with E-state index in [1.54, 1.807) is 41.5 Å². The van der Waals surface area contributed by atoms with Crippen molar-refractivity contribution in [3.05, 3.63) is 46.2 Å². The number of hydrogen-bond donors (Lipinski definition) is 1. The summed E-state index contributed by atoms with van der Waals surface area (Å²) in [6.07, 6.45) is 0. The Morgan fingerprint density at radius 2 is 2.15 bits per heavy atom. The highest BCUT2D eigenvalue weighted by atomic mass is 32.1. The fourth-order valence-electron chi connectivity index (χ4n) is 1.94. The second-order valence-corrected chi connectivity index (χ2v) is 5.43. The minimum absolute atomic E-state index is 0.0887. The summed E-state index contributed by atoms with van der Waals surface area (Å²) in [7, 11) is 1.78. The Morgan fingerprint density at radius 1 is 1.35 bits per heavy atom. The third-order valence-corrected chi connectivity index (χ3v) is 3.75. The van der Waals surface area contributed by atoms with Gasteiger partial charge in [0.05, 0.1) is 24.4 Å². The largest absolute Gasteiger partial charge is 0.491 e. The van der Waals surface area contributed by atoms with E-state index in [2.05, 4.69) is 0 Å². The minimum Gasteiger partial charge on any atom is -0.491 e. The molecule has 0 spiro atoms. The molecule has 5 heteroatoms. The van der Waals surface area contributed by atoms with Crippen LogP contribution >= 0.6 is 11.3 Å². The molecule has 2 rings (SSSR count). The van der Waals surface area contributed by atoms with Crippen LogP contribution in [0.2, 0.25) is 0 Å². The van der Waals surface area contributed by atoms with Crippen molar-refractivity contribution in [2.75, 3.05) is 19.4 Å². The number of benzene rings is 1. The smallest absolute Gasteiger partial charge is 0.257 e. The van der Waals surface area contributed by atoms with Gasteiger partial charge in [0.25, 0.3) is 5.91 Å². The predicted octanol–water partition coefficient (Wildman–Crippen LogP) is 3.00. The van der Waals surface area contributed by atoms with Gasteiger partial charge in [-0.1, -0.05) is 12.1 Å². The third-order valence-electron chi connectivity index (χ3n) is 2.88. The first-order valence-corrected chi connectivity index (χ1v) is 7.30. The molecule has 1 aromatic carbocycles. The second-order valence-electron chi connectivity index (χ2n) is 4.40. The summed E-state index contributed by atoms with van der Waals surface area (Å²) < 4.78 is 5.50. The lowest BCUT2D eigenvalue weighted by Crippen LogP contribution is -2.26. The lowest BCUT2D eigenvalue weighted by Gasteiger charge is -2.19. The number of para-hydroxylation sites is 1. The standard InChI is InChI=1S/C15H18N2O2S/c1-3-19-14-12(7-4-8-13(14)16)15(18)17(2)10-11-6-5-9-20-11/h4-9H,3,10,16H2,1-2H3. The number of rotatable bonds is 5. The Hall–Kier alpha value is -2.01. The topological polar surface area (TPSA) is 55.6 Å². The zero-order chi connectivity index (χ0) is 14.5. The molecule has 0 saturated heterocycles. The zero-order valence-electron chi connectivity index (χ0n) is 11.6. The van der Waals surface area contributed by atoms with Crippen LogP contribution in [0.4, 0.5) is 5.69 Å². The molecule has 1 heterocycles. The monoisotopic (exact) mass is 290 g/mol. The van der Waals surface area contributed by atoms with Gasteiger partial charge in [0, 0.05) is 11.9 Å². The van der Waals surface area contributed by atoms with E-state index < -0.39 is 0 Å². The van der Waals surface area contributed by atoms with E-state index >= 15 is 0 Å². The molecule has 0 saturated carbocycles. The molecule has 0 radical (unpaired) electrons. The number of carbonyl (C=O) groups excluding carboxylic acids is 1. The number of nitrogen functional groups attached to an aromatic ring is 1. The van der Waals surface area contributed by atoms with Gasteiger partial charge in [-0.05, 0) is 30.5 Å². The van der Waals surface area contributed by atoms with Gasteiger partial charge in [0.15, 0.2) is 5.75 Å². The molecule has 20 heavy (non-hydrogen) atoms. The van der Waals surface area contributed by atoms with Crippen molar-refractivity contribution in [3.63, 3.8) is 0 Å². The molecule has 0 fully saturated rings. The lowest BCUT2D eigenvalue weighted by atomic mass is 10.1. The van der Waals surface area contributed by atoms with E-state index in [0.29, 0.717) is 30.2 Å². The molecule has 0 atom stereocenters. The summed E-state index contributed by atoms with van der Waals surface area (Å²) in [6.45, 7) is 2.93. The number of hydrogen-bond acceptors (Lipinski definition) is 4. The van der Waals surface area contributed by atoms with E-state index in [9.17, 15) is 4.79 Å². The highest BCUT2D eigenvalue weighted by molar-refractivity contribution is 7.09. The first kappa shape index (κ1) is 14.4. The van der Waals surface area contributed by atoms with Crippen molar-refractivity contribution in [2.24, 2.45) is 0 Å². The number of anilines is 1. The minimum atomic E-state index is -0.0887. The molecular weight excluding hydrogens is 272 g/mol. The predicted molar refractivity (Wildman–Crippen MR) is 82.1 cm³/mol. The first-order chi connectivity index (χ1) is 9.63. The SMILES string of the molecule is CCOc1c(N)cccc1C(=O)N(C)Cc1cccs1. The summed E-state index contributed by atoms with van der Waals surface area (Å²) in [5, 5.41) is 2.00. The van der Waals surface area contributed by atoms with E-state index in [1.807, 2.05) is 24.4 Å². The summed E-state index contributed by atoms with van der Waals surface area (Å²) >= 11 is 1.63. The fraction of sp³-hybridized carbons (Fsp3) is 0.267. The van der Waals surface area contributed by atoms with Crippen molar-refractivity contribution in [2.45, 2.75) is 13.5 Å². The van der Waals surface area contributed by atoms with Crippen LogP contribution in [-0.4, -0.2) is 24.5 Å². The Morgan fingerprint density at radius 3 is 2.80 bits per heavy atom. The molecule has 2 aromatic rings. The number of ether oxygens (including phenoxy) is 1. The van der Waals surface area contributed by atoms with Gasteiger partial charge >= 0.3 is 0 Å². The lowest BCUT2D eigenvalue weighted by molar-refractivity contribution is 0.0782. The van der Waals surface area contributed by atoms with Crippen LogP contribution in [-0.2, 0) is 6.54 Å². The summed E-state index contributed by atoms with van der Waals surface area (Å²) in [5.74, 6) is 0.382. The number of nitrogens with zero attached hydrogens (tertiary/aromatic N) is 1. The average molecular weight is 290 g/mol. The van der Waals surface area contributed by atoms with Crippen molar-refractivity contribution in [3.8, 4) is 5.75 Å². The number of thiophene rings is 1. The number of carbonyl (C=O) groups is 1. The van der Waals surface area contributed by atoms with E-state index in [4.69, 9.17) is 10.5 Å². The van der Waals surface area contributed by atoms with Gasteiger partial charge in [-0.15, -0.1) is 11.3 Å². The maximum Gasteiger partial charge on any atom is 0.257 e. The molecule has 1 aromatic heterocycles. The molecule has 2 N–H and O–H groups in total. The average Bonchev–Trinajstić information content (AvgIpc) is 2.93. The van der Waals surface area contributed by atoms with Crippen LogP contribution in [0.1, 0.15) is 22.2 Å². The van der Waals surface area contributed by atoms with Crippen molar-refractivity contribution in [1.29, 1.82) is 0 Å². The van der Waals surface area contributed by atoms with Crippen LogP contribution in [0.25, 0.3) is 0 Å². The Kier molecular flexibility index (Phi) is 4.63. The van der Waals surface area contributed by atoms with Crippen LogP contribution < -0.4 is 10.5 Å². The number of amides is 1. The van der Waals surface area contributed by atoms with Crippen LogP contribution in [0, 0.1) is 0 Å². The molecule has 0 unspecified atom stereocenters. The van der Waals surface area contributed by atoms with Crippen LogP contribution in [0.5, 0.6) is 5.75 Å². The van der Waals surface area contributed by atoms with Gasteiger partial charge in [-0.2, -0.15) is 0 Å². The normalized spacial score (nSPS) is 10.3. The maximum atomic E-state index is 12.5. The molecule has 0 aliphatic rings. The van der Waals surface area contributed by atoms with Gasteiger partial charge in [0.2, 0.25) is 0 Å². The van der Waals surface area contributed by atoms with Gasteiger partial charge in [-0.3, -0.25) is 4.79 Å². The van der Waals surface area contributed by atoms with E-state index in [0.717, 1.165) is 4.88 Å². The summed E-state index contributed by atoms with van der Waals surface area (Å²) in [6, 6.07) is 9.24. The highest BCUT2D eigenvalue weighted by Gasteiger charge is 2.18. The summed E-state index contributed by atoms with van der Waals surface area (Å²) in [5.41, 5.74) is 6.88. The molecule has 0 aliphatic heterocycles. The van der Waals surface area contributed by atoms with E-state index in [-0.39, 0.29) is 5.91 Å². The highest BCUT2D eigenvalue weighted by Crippen LogP contribution is 2.27. The molecule has 1 amide bonds. The van der Waals surface area contributed by atoms with Gasteiger partial charge in [-0.25, -0.2) is 0 Å². The molecular formula is C15H18N2O2S. The second kappa shape index (κ2) is 6.43. The summed E-state index contributed by atoms with van der Waals surface area (Å²) in [4.78, 5) is 15.3. The quantitative estimate of drug-likeness (QED) is 0.861. The van der Waals surface area contributed by atoms with Crippen molar-refractivity contribution < 1.29 is 9.53 Å². The molecule has 0 bridgehead atoms. The van der Waals surface area contributed by atoms with Crippen LogP contribution in [0.3, 0.4) is 0 Å². The third kappa shape index (κ3) is 3.11. The Balaban J connectivity index is 2.22. The van der Waals surface area contributed by atoms with E-state index in [1.165, 1.54) is 0 Å².